The zero-order valence-corrected chi connectivity index (χ0v) is 17.0. The van der Waals surface area contributed by atoms with E-state index < -0.39 is 11.0 Å². The summed E-state index contributed by atoms with van der Waals surface area (Å²) in [7, 11) is 0. The number of nitrogens with one attached hydrogen (secondary N) is 3. The quantitative estimate of drug-likeness (QED) is 0.380. The van der Waals surface area contributed by atoms with Crippen LogP contribution in [0.15, 0.2) is 77.9 Å². The fourth-order valence-corrected chi connectivity index (χ4v) is 3.53. The van der Waals surface area contributed by atoms with Gasteiger partial charge in [0, 0.05) is 40.5 Å². The number of hydrogen-bond acceptors (Lipinski definition) is 5. The molecule has 31 heavy (non-hydrogen) atoms. The molecule has 4 rings (SSSR count). The number of carbonyl (C=O) groups is 1. The number of fused-ring (bicyclic) bond motifs is 1. The summed E-state index contributed by atoms with van der Waals surface area (Å²) in [5.74, 6) is 0. The van der Waals surface area contributed by atoms with Crippen molar-refractivity contribution in [2.45, 2.75) is 12.5 Å². The first-order valence-corrected chi connectivity index (χ1v) is 9.87. The molecule has 1 aliphatic rings. The van der Waals surface area contributed by atoms with Crippen LogP contribution < -0.4 is 16.1 Å². The largest absolute Gasteiger partial charge is 0.377 e. The zero-order valence-electron chi connectivity index (χ0n) is 16.2. The van der Waals surface area contributed by atoms with Crippen LogP contribution in [-0.2, 0) is 0 Å². The summed E-state index contributed by atoms with van der Waals surface area (Å²) in [6, 6.07) is 20.4. The minimum absolute atomic E-state index is 0.00633. The lowest BCUT2D eigenvalue weighted by Gasteiger charge is -2.28. The molecule has 1 unspecified atom stereocenters. The zero-order chi connectivity index (χ0) is 21.8. The van der Waals surface area contributed by atoms with Gasteiger partial charge in [0.2, 0.25) is 0 Å². The number of amides is 2. The van der Waals surface area contributed by atoms with Crippen LogP contribution in [0.25, 0.3) is 0 Å². The smallest absolute Gasteiger partial charge is 0.339 e. The third-order valence-electron chi connectivity index (χ3n) is 4.85. The molecule has 1 heterocycles. The van der Waals surface area contributed by atoms with Crippen molar-refractivity contribution in [3.05, 3.63) is 99.1 Å². The molecular formula is C22H18ClN5O3. The third kappa shape index (κ3) is 4.81. The highest BCUT2D eigenvalue weighted by Crippen LogP contribution is 2.34. The number of rotatable bonds is 4. The normalized spacial score (nSPS) is 16.2. The number of non-ortho nitro benzene ring substituents is 1. The number of hydrogen-bond donors (Lipinski definition) is 3. The number of hydrazone groups is 1. The Labute approximate surface area is 183 Å². The Kier molecular flexibility index (Phi) is 5.81. The van der Waals surface area contributed by atoms with Gasteiger partial charge in [-0.25, -0.2) is 10.2 Å². The van der Waals surface area contributed by atoms with E-state index in [2.05, 4.69) is 21.2 Å². The molecule has 8 nitrogen and oxygen atoms in total. The van der Waals surface area contributed by atoms with Crippen LogP contribution in [0.2, 0.25) is 5.02 Å². The van der Waals surface area contributed by atoms with E-state index in [1.165, 1.54) is 24.3 Å². The molecule has 0 radical (unpaired) electrons. The minimum Gasteiger partial charge on any atom is -0.377 e. The molecule has 9 heteroatoms. The summed E-state index contributed by atoms with van der Waals surface area (Å²) in [6.07, 6.45) is 0.551. The molecule has 2 amide bonds. The summed E-state index contributed by atoms with van der Waals surface area (Å²) >= 11 is 6.17. The second-order valence-electron chi connectivity index (χ2n) is 6.93. The first-order chi connectivity index (χ1) is 15.0. The minimum atomic E-state index is -0.556. The fraction of sp³-hybridized carbons (Fsp3) is 0.0909. The Balaban J connectivity index is 1.53. The van der Waals surface area contributed by atoms with Crippen molar-refractivity contribution in [3.63, 3.8) is 0 Å². The predicted octanol–water partition coefficient (Wildman–Crippen LogP) is 5.33. The van der Waals surface area contributed by atoms with Gasteiger partial charge in [-0.15, -0.1) is 0 Å². The van der Waals surface area contributed by atoms with E-state index in [1.807, 2.05) is 36.4 Å². The van der Waals surface area contributed by atoms with Gasteiger partial charge < -0.3 is 10.6 Å². The van der Waals surface area contributed by atoms with E-state index in [9.17, 15) is 14.9 Å². The molecule has 3 N–H and O–H groups in total. The highest BCUT2D eigenvalue weighted by Gasteiger charge is 2.24. The fourth-order valence-electron chi connectivity index (χ4n) is 3.36. The van der Waals surface area contributed by atoms with Gasteiger partial charge in [-0.1, -0.05) is 41.9 Å². The molecule has 0 saturated carbocycles. The van der Waals surface area contributed by atoms with Crippen molar-refractivity contribution in [1.29, 1.82) is 0 Å². The summed E-state index contributed by atoms with van der Waals surface area (Å²) in [6.45, 7) is 0. The summed E-state index contributed by atoms with van der Waals surface area (Å²) in [5.41, 5.74) is 6.34. The average molecular weight is 436 g/mol. The molecule has 0 aromatic heterocycles. The molecule has 3 aromatic carbocycles. The summed E-state index contributed by atoms with van der Waals surface area (Å²) in [4.78, 5) is 22.5. The van der Waals surface area contributed by atoms with Gasteiger partial charge in [-0.2, -0.15) is 5.10 Å². The molecule has 0 fully saturated rings. The topological polar surface area (TPSA) is 109 Å². The van der Waals surface area contributed by atoms with Gasteiger partial charge in [0.05, 0.1) is 16.7 Å². The van der Waals surface area contributed by atoms with Crippen LogP contribution in [-0.4, -0.2) is 16.7 Å². The van der Waals surface area contributed by atoms with Crippen LogP contribution in [0.3, 0.4) is 0 Å². The Hall–Kier alpha value is -3.91. The maximum Gasteiger partial charge on any atom is 0.339 e. The summed E-state index contributed by atoms with van der Waals surface area (Å²) in [5, 5.41) is 21.7. The molecule has 0 aliphatic carbocycles. The van der Waals surface area contributed by atoms with E-state index >= 15 is 0 Å². The number of anilines is 2. The average Bonchev–Trinajstić information content (AvgIpc) is 2.78. The predicted molar refractivity (Wildman–Crippen MR) is 121 cm³/mol. The number of halogens is 1. The van der Waals surface area contributed by atoms with Crippen LogP contribution in [0.4, 0.5) is 21.9 Å². The second-order valence-corrected chi connectivity index (χ2v) is 7.37. The van der Waals surface area contributed by atoms with Gasteiger partial charge in [0.15, 0.2) is 0 Å². The highest BCUT2D eigenvalue weighted by molar-refractivity contribution is 6.31. The maximum absolute atomic E-state index is 12.3. The number of benzene rings is 3. The number of carbonyl (C=O) groups excluding carboxylic acids is 1. The molecule has 0 bridgehead atoms. The molecule has 0 spiro atoms. The number of urea groups is 1. The molecule has 3 aromatic rings. The van der Waals surface area contributed by atoms with E-state index in [0.29, 0.717) is 22.8 Å². The van der Waals surface area contributed by atoms with Crippen LogP contribution >= 0.6 is 11.6 Å². The lowest BCUT2D eigenvalue weighted by atomic mass is 9.92. The van der Waals surface area contributed by atoms with Crippen molar-refractivity contribution < 1.29 is 9.72 Å². The Morgan fingerprint density at radius 2 is 1.84 bits per heavy atom. The van der Waals surface area contributed by atoms with Crippen molar-refractivity contribution in [1.82, 2.24) is 5.43 Å². The Morgan fingerprint density at radius 3 is 2.55 bits per heavy atom. The van der Waals surface area contributed by atoms with Crippen LogP contribution in [0.5, 0.6) is 0 Å². The first kappa shape index (κ1) is 20.4. The van der Waals surface area contributed by atoms with E-state index in [0.717, 1.165) is 16.8 Å². The summed E-state index contributed by atoms with van der Waals surface area (Å²) < 4.78 is 0. The van der Waals surface area contributed by atoms with E-state index in [4.69, 9.17) is 11.6 Å². The van der Waals surface area contributed by atoms with Crippen molar-refractivity contribution in [3.8, 4) is 0 Å². The van der Waals surface area contributed by atoms with Gasteiger partial charge >= 0.3 is 6.03 Å². The lowest BCUT2D eigenvalue weighted by Crippen LogP contribution is -2.29. The number of nitro benzene ring substituents is 1. The number of nitro groups is 1. The van der Waals surface area contributed by atoms with Crippen LogP contribution in [0, 0.1) is 10.1 Å². The SMILES string of the molecule is O=C(NN=C1CC(c2ccccc2)Nc2ccc(Cl)cc21)Nc1ccc([N+](=O)[O-])cc1. The van der Waals surface area contributed by atoms with Crippen LogP contribution in [0.1, 0.15) is 23.6 Å². The van der Waals surface area contributed by atoms with Gasteiger partial charge in [-0.3, -0.25) is 10.1 Å². The van der Waals surface area contributed by atoms with Crippen molar-refractivity contribution in [2.24, 2.45) is 5.10 Å². The lowest BCUT2D eigenvalue weighted by molar-refractivity contribution is -0.384. The van der Waals surface area contributed by atoms with Gasteiger partial charge in [0.1, 0.15) is 0 Å². The first-order valence-electron chi connectivity index (χ1n) is 9.49. The Morgan fingerprint density at radius 1 is 1.10 bits per heavy atom. The maximum atomic E-state index is 12.3. The van der Waals surface area contributed by atoms with Gasteiger partial charge in [0.25, 0.3) is 5.69 Å². The standard InChI is InChI=1S/C22H18ClN5O3/c23-15-6-11-19-18(12-15)21(13-20(25-19)14-4-2-1-3-5-14)26-27-22(29)24-16-7-9-17(10-8-16)28(30)31/h1-12,20,25H,13H2,(H2,24,27,29). The third-order valence-corrected chi connectivity index (χ3v) is 5.09. The molecule has 0 saturated heterocycles. The molecule has 1 aliphatic heterocycles. The number of nitrogens with zero attached hydrogens (tertiary/aromatic N) is 2. The monoisotopic (exact) mass is 435 g/mol. The second kappa shape index (κ2) is 8.85. The van der Waals surface area contributed by atoms with Gasteiger partial charge in [-0.05, 0) is 35.9 Å². The van der Waals surface area contributed by atoms with E-state index in [-0.39, 0.29) is 11.7 Å². The highest BCUT2D eigenvalue weighted by atomic mass is 35.5. The molecule has 156 valence electrons. The molecule has 1 atom stereocenters. The molecular weight excluding hydrogens is 418 g/mol. The van der Waals surface area contributed by atoms with Crippen molar-refractivity contribution >= 4 is 40.4 Å². The van der Waals surface area contributed by atoms with E-state index in [1.54, 1.807) is 12.1 Å². The Bertz CT molecular complexity index is 1150. The van der Waals surface area contributed by atoms with Crippen molar-refractivity contribution in [2.75, 3.05) is 10.6 Å².